The minimum atomic E-state index is -1.04. The molecule has 2 aromatic rings. The summed E-state index contributed by atoms with van der Waals surface area (Å²) in [6.07, 6.45) is 0. The lowest BCUT2D eigenvalue weighted by atomic mass is 10.2. The molecule has 0 radical (unpaired) electrons. The summed E-state index contributed by atoms with van der Waals surface area (Å²) in [6.45, 7) is 0.463. The molecule has 0 saturated heterocycles. The molecule has 2 rings (SSSR count). The monoisotopic (exact) mass is 258 g/mol. The summed E-state index contributed by atoms with van der Waals surface area (Å²) in [5.41, 5.74) is 1.52. The highest BCUT2D eigenvalue weighted by atomic mass is 16.4. The minimum absolute atomic E-state index is 0.0295. The van der Waals surface area contributed by atoms with Crippen molar-refractivity contribution in [1.29, 1.82) is 0 Å². The predicted molar refractivity (Wildman–Crippen MR) is 71.4 cm³/mol. The summed E-state index contributed by atoms with van der Waals surface area (Å²) in [5.74, 6) is -0.849. The third-order valence-corrected chi connectivity index (χ3v) is 2.70. The average Bonchev–Trinajstić information content (AvgIpc) is 2.39. The molecule has 98 valence electrons. The van der Waals surface area contributed by atoms with Gasteiger partial charge >= 0.3 is 5.97 Å². The summed E-state index contributed by atoms with van der Waals surface area (Å²) in [5, 5.41) is 18.3. The lowest BCUT2D eigenvalue weighted by molar-refractivity contribution is 0.0690. The highest BCUT2D eigenvalue weighted by Crippen LogP contribution is 2.20. The zero-order valence-electron chi connectivity index (χ0n) is 10.4. The smallest absolute Gasteiger partial charge is 0.354 e. The summed E-state index contributed by atoms with van der Waals surface area (Å²) < 4.78 is 0. The van der Waals surface area contributed by atoms with Gasteiger partial charge in [0.2, 0.25) is 0 Å². The van der Waals surface area contributed by atoms with Gasteiger partial charge < -0.3 is 15.1 Å². The van der Waals surface area contributed by atoms with E-state index in [0.717, 1.165) is 5.69 Å². The number of nitrogens with zero attached hydrogens (tertiary/aromatic N) is 2. The first-order chi connectivity index (χ1) is 9.06. The van der Waals surface area contributed by atoms with Crippen LogP contribution in [0.3, 0.4) is 0 Å². The Morgan fingerprint density at radius 2 is 2.00 bits per heavy atom. The molecule has 0 saturated carbocycles. The standard InChI is InChI=1S/C14H14N2O3/c1-16(11-5-3-6-12(17)8-11)9-10-4-2-7-13(15-10)14(18)19/h2-8,17H,9H2,1H3,(H,18,19). The zero-order chi connectivity index (χ0) is 13.8. The number of aromatic nitrogens is 1. The Hall–Kier alpha value is -2.56. The van der Waals surface area contributed by atoms with Crippen molar-refractivity contribution in [2.24, 2.45) is 0 Å². The van der Waals surface area contributed by atoms with Crippen molar-refractivity contribution in [2.75, 3.05) is 11.9 Å². The first-order valence-corrected chi connectivity index (χ1v) is 5.75. The topological polar surface area (TPSA) is 73.7 Å². The van der Waals surface area contributed by atoms with Crippen LogP contribution in [-0.4, -0.2) is 28.2 Å². The van der Waals surface area contributed by atoms with E-state index < -0.39 is 5.97 Å². The van der Waals surface area contributed by atoms with Crippen LogP contribution >= 0.6 is 0 Å². The Balaban J connectivity index is 2.17. The molecular weight excluding hydrogens is 244 g/mol. The number of hydrogen-bond acceptors (Lipinski definition) is 4. The highest BCUT2D eigenvalue weighted by Gasteiger charge is 2.08. The first kappa shape index (κ1) is 12.9. The second kappa shape index (κ2) is 5.39. The van der Waals surface area contributed by atoms with E-state index in [2.05, 4.69) is 4.98 Å². The summed E-state index contributed by atoms with van der Waals surface area (Å²) in [7, 11) is 1.85. The fourth-order valence-electron chi connectivity index (χ4n) is 1.75. The molecule has 1 heterocycles. The van der Waals surface area contributed by atoms with Crippen molar-refractivity contribution >= 4 is 11.7 Å². The number of rotatable bonds is 4. The molecule has 5 heteroatoms. The second-order valence-electron chi connectivity index (χ2n) is 4.20. The second-order valence-corrected chi connectivity index (χ2v) is 4.20. The third-order valence-electron chi connectivity index (χ3n) is 2.70. The van der Waals surface area contributed by atoms with Crippen LogP contribution in [0.1, 0.15) is 16.2 Å². The van der Waals surface area contributed by atoms with Gasteiger partial charge in [-0.1, -0.05) is 12.1 Å². The van der Waals surface area contributed by atoms with Gasteiger partial charge in [0.15, 0.2) is 0 Å². The Kier molecular flexibility index (Phi) is 3.66. The molecule has 0 fully saturated rings. The van der Waals surface area contributed by atoms with Gasteiger partial charge in [-0.3, -0.25) is 0 Å². The molecule has 0 bridgehead atoms. The molecule has 0 amide bonds. The lowest BCUT2D eigenvalue weighted by Crippen LogP contribution is -2.17. The van der Waals surface area contributed by atoms with Gasteiger partial charge in [0.1, 0.15) is 11.4 Å². The lowest BCUT2D eigenvalue weighted by Gasteiger charge is -2.19. The summed E-state index contributed by atoms with van der Waals surface area (Å²) in [6, 6.07) is 11.7. The molecule has 1 aromatic heterocycles. The molecule has 0 aliphatic carbocycles. The SMILES string of the molecule is CN(Cc1cccc(C(=O)O)n1)c1cccc(O)c1. The van der Waals surface area contributed by atoms with Gasteiger partial charge in [-0.2, -0.15) is 0 Å². The van der Waals surface area contributed by atoms with E-state index in [9.17, 15) is 9.90 Å². The summed E-state index contributed by atoms with van der Waals surface area (Å²) >= 11 is 0. The van der Waals surface area contributed by atoms with Gasteiger partial charge in [-0.25, -0.2) is 9.78 Å². The van der Waals surface area contributed by atoms with E-state index in [1.165, 1.54) is 6.07 Å². The maximum Gasteiger partial charge on any atom is 0.354 e. The van der Waals surface area contributed by atoms with Crippen molar-refractivity contribution in [2.45, 2.75) is 6.54 Å². The van der Waals surface area contributed by atoms with Crippen LogP contribution in [0.2, 0.25) is 0 Å². The number of aromatic carboxylic acids is 1. The van der Waals surface area contributed by atoms with E-state index in [0.29, 0.717) is 12.2 Å². The van der Waals surface area contributed by atoms with E-state index >= 15 is 0 Å². The summed E-state index contributed by atoms with van der Waals surface area (Å²) in [4.78, 5) is 16.8. The molecule has 0 spiro atoms. The maximum absolute atomic E-state index is 10.8. The molecular formula is C14H14N2O3. The van der Waals surface area contributed by atoms with Crippen molar-refractivity contribution in [3.05, 3.63) is 53.9 Å². The number of phenolic OH excluding ortho intramolecular Hbond substituents is 1. The quantitative estimate of drug-likeness (QED) is 0.878. The fourth-order valence-corrected chi connectivity index (χ4v) is 1.75. The first-order valence-electron chi connectivity index (χ1n) is 5.75. The number of carboxylic acids is 1. The van der Waals surface area contributed by atoms with Crippen LogP contribution in [0.25, 0.3) is 0 Å². The molecule has 5 nitrogen and oxygen atoms in total. The number of carbonyl (C=O) groups is 1. The van der Waals surface area contributed by atoms with Gasteiger partial charge in [-0.15, -0.1) is 0 Å². The van der Waals surface area contributed by atoms with Crippen molar-refractivity contribution in [3.63, 3.8) is 0 Å². The average molecular weight is 258 g/mol. The largest absolute Gasteiger partial charge is 0.508 e. The number of hydrogen-bond donors (Lipinski definition) is 2. The van der Waals surface area contributed by atoms with Crippen molar-refractivity contribution in [1.82, 2.24) is 4.98 Å². The van der Waals surface area contributed by atoms with Gasteiger partial charge in [-0.05, 0) is 24.3 Å². The molecule has 0 aliphatic heterocycles. The normalized spacial score (nSPS) is 10.2. The van der Waals surface area contributed by atoms with Crippen LogP contribution < -0.4 is 4.90 Å². The number of anilines is 1. The van der Waals surface area contributed by atoms with Crippen molar-refractivity contribution < 1.29 is 15.0 Å². The third kappa shape index (κ3) is 3.22. The van der Waals surface area contributed by atoms with E-state index in [-0.39, 0.29) is 11.4 Å². The molecule has 19 heavy (non-hydrogen) atoms. The van der Waals surface area contributed by atoms with Crippen LogP contribution in [0, 0.1) is 0 Å². The van der Waals surface area contributed by atoms with Crippen LogP contribution in [0.5, 0.6) is 5.75 Å². The Labute approximate surface area is 110 Å². The van der Waals surface area contributed by atoms with E-state index in [1.54, 1.807) is 30.3 Å². The van der Waals surface area contributed by atoms with Crippen molar-refractivity contribution in [3.8, 4) is 5.75 Å². The van der Waals surface area contributed by atoms with E-state index in [4.69, 9.17) is 5.11 Å². The highest BCUT2D eigenvalue weighted by molar-refractivity contribution is 5.85. The molecule has 2 N–H and O–H groups in total. The van der Waals surface area contributed by atoms with Crippen LogP contribution in [0.15, 0.2) is 42.5 Å². The zero-order valence-corrected chi connectivity index (χ0v) is 10.4. The number of benzene rings is 1. The molecule has 1 aromatic carbocycles. The van der Waals surface area contributed by atoms with E-state index in [1.807, 2.05) is 18.0 Å². The number of aromatic hydroxyl groups is 1. The molecule has 0 atom stereocenters. The maximum atomic E-state index is 10.8. The Morgan fingerprint density at radius 1 is 1.26 bits per heavy atom. The van der Waals surface area contributed by atoms with Gasteiger partial charge in [0, 0.05) is 18.8 Å². The fraction of sp³-hybridized carbons (Fsp3) is 0.143. The Morgan fingerprint density at radius 3 is 2.68 bits per heavy atom. The van der Waals surface area contributed by atoms with Crippen LogP contribution in [0.4, 0.5) is 5.69 Å². The number of carboxylic acid groups (broad SMARTS) is 1. The molecule has 0 unspecified atom stereocenters. The number of phenols is 1. The Bertz CT molecular complexity index is 599. The minimum Gasteiger partial charge on any atom is -0.508 e. The molecule has 0 aliphatic rings. The van der Waals surface area contributed by atoms with Gasteiger partial charge in [0.25, 0.3) is 0 Å². The van der Waals surface area contributed by atoms with Gasteiger partial charge in [0.05, 0.1) is 12.2 Å². The van der Waals surface area contributed by atoms with Crippen LogP contribution in [-0.2, 0) is 6.54 Å². The predicted octanol–water partition coefficient (Wildman–Crippen LogP) is 2.12. The number of pyridine rings is 1.